The second kappa shape index (κ2) is 9.82. The van der Waals surface area contributed by atoms with Gasteiger partial charge in [0.25, 0.3) is 11.6 Å². The first kappa shape index (κ1) is 20.7. The average Bonchev–Trinajstić information content (AvgIpc) is 3.15. The van der Waals surface area contributed by atoms with Crippen LogP contribution < -0.4 is 0 Å². The molecule has 0 fully saturated rings. The molecule has 0 unspecified atom stereocenters. The van der Waals surface area contributed by atoms with E-state index < -0.39 is 23.5 Å². The standard InChI is InChI=1S/C8H7BrO3S.C6H3BrO3S/c1-2-12-8(11)7(10)5-3-4-6(9)13-5;7-4-2-1-3(11-4)5(8)6(9)10/h3-4H,2H2,1H3;1-2H,(H,9,10). The highest BCUT2D eigenvalue weighted by atomic mass is 79.9. The number of hydrogen-bond donors (Lipinski definition) is 1. The number of ketones is 2. The van der Waals surface area contributed by atoms with Crippen molar-refractivity contribution in [2.75, 3.05) is 6.61 Å². The molecule has 128 valence electrons. The van der Waals surface area contributed by atoms with E-state index in [2.05, 4.69) is 36.6 Å². The SMILES string of the molecule is CCOC(=O)C(=O)c1ccc(Br)s1.O=C(O)C(=O)c1ccc(Br)s1. The fraction of sp³-hybridized carbons (Fsp3) is 0.143. The van der Waals surface area contributed by atoms with Gasteiger partial charge in [0.2, 0.25) is 0 Å². The lowest BCUT2D eigenvalue weighted by Crippen LogP contribution is -2.16. The molecule has 0 radical (unpaired) electrons. The number of halogens is 2. The summed E-state index contributed by atoms with van der Waals surface area (Å²) in [5.41, 5.74) is 0. The quantitative estimate of drug-likeness (QED) is 0.380. The monoisotopic (exact) mass is 496 g/mol. The van der Waals surface area contributed by atoms with E-state index in [0.717, 1.165) is 18.9 Å². The molecule has 2 aromatic rings. The van der Waals surface area contributed by atoms with E-state index in [0.29, 0.717) is 4.88 Å². The summed E-state index contributed by atoms with van der Waals surface area (Å²) in [5.74, 6) is -3.66. The van der Waals surface area contributed by atoms with Crippen molar-refractivity contribution in [3.05, 3.63) is 41.6 Å². The molecule has 6 nitrogen and oxygen atoms in total. The van der Waals surface area contributed by atoms with Gasteiger partial charge in [-0.3, -0.25) is 9.59 Å². The van der Waals surface area contributed by atoms with Crippen molar-refractivity contribution in [3.8, 4) is 0 Å². The maximum absolute atomic E-state index is 11.3. The van der Waals surface area contributed by atoms with Gasteiger partial charge in [0.1, 0.15) is 0 Å². The largest absolute Gasteiger partial charge is 0.475 e. The summed E-state index contributed by atoms with van der Waals surface area (Å²) < 4.78 is 6.14. The first-order valence-electron chi connectivity index (χ1n) is 6.26. The lowest BCUT2D eigenvalue weighted by atomic mass is 10.3. The Bertz CT molecular complexity index is 765. The van der Waals surface area contributed by atoms with Gasteiger partial charge in [-0.1, -0.05) is 0 Å². The second-order valence-corrected chi connectivity index (χ2v) is 8.82. The molecule has 0 bridgehead atoms. The third kappa shape index (κ3) is 6.27. The van der Waals surface area contributed by atoms with Crippen LogP contribution in [0.2, 0.25) is 0 Å². The predicted molar refractivity (Wildman–Crippen MR) is 97.0 cm³/mol. The van der Waals surface area contributed by atoms with Gasteiger partial charge in [0, 0.05) is 0 Å². The number of carboxylic acid groups (broad SMARTS) is 1. The lowest BCUT2D eigenvalue weighted by Gasteiger charge is -1.96. The Morgan fingerprint density at radius 1 is 0.958 bits per heavy atom. The van der Waals surface area contributed by atoms with Crippen molar-refractivity contribution in [2.24, 2.45) is 0 Å². The van der Waals surface area contributed by atoms with Gasteiger partial charge >= 0.3 is 11.9 Å². The molecule has 0 amide bonds. The maximum Gasteiger partial charge on any atom is 0.380 e. The third-order valence-electron chi connectivity index (χ3n) is 2.25. The molecule has 10 heteroatoms. The number of esters is 1. The van der Waals surface area contributed by atoms with Gasteiger partial charge in [-0.25, -0.2) is 9.59 Å². The molecule has 2 aromatic heterocycles. The van der Waals surface area contributed by atoms with Gasteiger partial charge < -0.3 is 9.84 Å². The zero-order valence-electron chi connectivity index (χ0n) is 12.1. The van der Waals surface area contributed by atoms with Crippen LogP contribution in [0.3, 0.4) is 0 Å². The minimum Gasteiger partial charge on any atom is -0.475 e. The predicted octanol–water partition coefficient (Wildman–Crippen LogP) is 4.03. The Balaban J connectivity index is 0.000000243. The first-order chi connectivity index (χ1) is 11.3. The van der Waals surface area contributed by atoms with Crippen LogP contribution in [-0.4, -0.2) is 35.2 Å². The molecule has 2 rings (SSSR count). The molecule has 0 saturated carbocycles. The smallest absolute Gasteiger partial charge is 0.380 e. The Hall–Kier alpha value is -1.36. The number of carbonyl (C=O) groups excluding carboxylic acids is 3. The number of Topliss-reactive ketones (excluding diaryl/α,β-unsaturated/α-hetero) is 2. The van der Waals surface area contributed by atoms with E-state index in [-0.39, 0.29) is 11.5 Å². The van der Waals surface area contributed by atoms with E-state index in [1.807, 2.05) is 0 Å². The van der Waals surface area contributed by atoms with Crippen molar-refractivity contribution < 1.29 is 29.0 Å². The number of carboxylic acids is 1. The Morgan fingerprint density at radius 3 is 1.75 bits per heavy atom. The molecule has 0 aromatic carbocycles. The van der Waals surface area contributed by atoms with Crippen molar-refractivity contribution in [1.82, 2.24) is 0 Å². The maximum atomic E-state index is 11.3. The van der Waals surface area contributed by atoms with Crippen LogP contribution >= 0.6 is 54.5 Å². The molecule has 2 heterocycles. The number of thiophene rings is 2. The molecule has 0 aliphatic carbocycles. The minimum absolute atomic E-state index is 0.219. The number of hydrogen-bond acceptors (Lipinski definition) is 7. The van der Waals surface area contributed by atoms with E-state index >= 15 is 0 Å². The number of ether oxygens (including phenoxy) is 1. The van der Waals surface area contributed by atoms with Crippen molar-refractivity contribution in [2.45, 2.75) is 6.92 Å². The number of aliphatic carboxylic acids is 1. The summed E-state index contributed by atoms with van der Waals surface area (Å²) in [6.07, 6.45) is 0. The zero-order chi connectivity index (χ0) is 18.3. The second-order valence-electron chi connectivity index (χ2n) is 3.89. The third-order valence-corrected chi connectivity index (χ3v) is 5.49. The zero-order valence-corrected chi connectivity index (χ0v) is 16.9. The highest BCUT2D eigenvalue weighted by molar-refractivity contribution is 9.11. The van der Waals surface area contributed by atoms with Crippen LogP contribution in [0.5, 0.6) is 0 Å². The summed E-state index contributed by atoms with van der Waals surface area (Å²) in [6.45, 7) is 1.88. The fourth-order valence-corrected chi connectivity index (χ4v) is 3.91. The van der Waals surface area contributed by atoms with Crippen LogP contribution in [0.1, 0.15) is 26.3 Å². The van der Waals surface area contributed by atoms with Crippen LogP contribution in [0.4, 0.5) is 0 Å². The Morgan fingerprint density at radius 2 is 1.42 bits per heavy atom. The van der Waals surface area contributed by atoms with Gasteiger partial charge in [-0.05, 0) is 63.0 Å². The van der Waals surface area contributed by atoms with Crippen molar-refractivity contribution in [3.63, 3.8) is 0 Å². The summed E-state index contributed by atoms with van der Waals surface area (Å²) in [7, 11) is 0. The molecule has 0 saturated heterocycles. The summed E-state index contributed by atoms with van der Waals surface area (Å²) in [5, 5.41) is 8.29. The number of rotatable bonds is 5. The van der Waals surface area contributed by atoms with Crippen LogP contribution in [0.25, 0.3) is 0 Å². The minimum atomic E-state index is -1.42. The van der Waals surface area contributed by atoms with Gasteiger partial charge in [0.05, 0.1) is 23.9 Å². The van der Waals surface area contributed by atoms with Crippen LogP contribution in [0, 0.1) is 0 Å². The van der Waals surface area contributed by atoms with Crippen LogP contribution in [-0.2, 0) is 14.3 Å². The normalized spacial score (nSPS) is 9.62. The number of carbonyl (C=O) groups is 4. The van der Waals surface area contributed by atoms with Gasteiger partial charge in [-0.2, -0.15) is 0 Å². The summed E-state index contributed by atoms with van der Waals surface area (Å²) >= 11 is 8.65. The topological polar surface area (TPSA) is 97.7 Å². The van der Waals surface area contributed by atoms with Gasteiger partial charge in [0.15, 0.2) is 0 Å². The Kier molecular flexibility index (Phi) is 8.46. The molecule has 0 atom stereocenters. The van der Waals surface area contributed by atoms with E-state index in [1.54, 1.807) is 25.1 Å². The Labute approximate surface area is 161 Å². The fourth-order valence-electron chi connectivity index (χ4n) is 1.28. The molecule has 0 spiro atoms. The first-order valence-corrected chi connectivity index (χ1v) is 9.47. The van der Waals surface area contributed by atoms with E-state index in [1.165, 1.54) is 17.4 Å². The molecule has 1 N–H and O–H groups in total. The lowest BCUT2D eigenvalue weighted by molar-refractivity contribution is -0.137. The summed E-state index contributed by atoms with van der Waals surface area (Å²) in [4.78, 5) is 43.8. The average molecular weight is 498 g/mol. The van der Waals surface area contributed by atoms with Crippen molar-refractivity contribution >= 4 is 78.0 Å². The van der Waals surface area contributed by atoms with Crippen molar-refractivity contribution in [1.29, 1.82) is 0 Å². The molecule has 0 aliphatic heterocycles. The molecule has 0 aliphatic rings. The van der Waals surface area contributed by atoms with Gasteiger partial charge in [-0.15, -0.1) is 22.7 Å². The molecular formula is C14H10Br2O6S2. The highest BCUT2D eigenvalue weighted by Gasteiger charge is 2.18. The molecular weight excluding hydrogens is 488 g/mol. The van der Waals surface area contributed by atoms with E-state index in [4.69, 9.17) is 5.11 Å². The summed E-state index contributed by atoms with van der Waals surface area (Å²) in [6, 6.07) is 6.43. The van der Waals surface area contributed by atoms with E-state index in [9.17, 15) is 19.2 Å². The highest BCUT2D eigenvalue weighted by Crippen LogP contribution is 2.23. The van der Waals surface area contributed by atoms with Crippen LogP contribution in [0.15, 0.2) is 31.8 Å². The molecule has 24 heavy (non-hydrogen) atoms.